The predicted molar refractivity (Wildman–Crippen MR) is 150 cm³/mol. The number of benzene rings is 1. The van der Waals surface area contributed by atoms with Gasteiger partial charge in [-0.25, -0.2) is 4.57 Å². The van der Waals surface area contributed by atoms with Gasteiger partial charge in [-0.05, 0) is 25.5 Å². The predicted octanol–water partition coefficient (Wildman–Crippen LogP) is 9.06. The Morgan fingerprint density at radius 3 is 1.62 bits per heavy atom. The summed E-state index contributed by atoms with van der Waals surface area (Å²) in [6.45, 7) is 6.42. The zero-order valence-corrected chi connectivity index (χ0v) is 24.4. The van der Waals surface area contributed by atoms with Gasteiger partial charge in [-0.2, -0.15) is 0 Å². The number of rotatable bonds is 28. The average Bonchev–Trinajstić information content (AvgIpc) is 2.92. The minimum absolute atomic E-state index is 0.0699. The van der Waals surface area contributed by atoms with Crippen molar-refractivity contribution < 1.29 is 32.6 Å². The monoisotopic (exact) mass is 544 g/mol. The quantitative estimate of drug-likeness (QED) is 0.0451. The normalized spacial score (nSPS) is 13.0. The first-order valence-electron chi connectivity index (χ1n) is 14.7. The van der Waals surface area contributed by atoms with E-state index in [-0.39, 0.29) is 13.2 Å². The van der Waals surface area contributed by atoms with Gasteiger partial charge in [-0.3, -0.25) is 9.05 Å². The molecule has 0 N–H and O–H groups in total. The lowest BCUT2D eigenvalue weighted by molar-refractivity contribution is -0.134. The summed E-state index contributed by atoms with van der Waals surface area (Å²) in [4.78, 5) is 5.19. The zero-order chi connectivity index (χ0) is 26.7. The zero-order valence-electron chi connectivity index (χ0n) is 23.5. The van der Waals surface area contributed by atoms with Crippen LogP contribution in [0.15, 0.2) is 30.3 Å². The van der Waals surface area contributed by atoms with Gasteiger partial charge in [0, 0.05) is 6.61 Å². The molecule has 0 heterocycles. The van der Waals surface area contributed by atoms with Gasteiger partial charge in [0.2, 0.25) is 0 Å². The van der Waals surface area contributed by atoms with E-state index < -0.39 is 7.82 Å². The molecule has 0 aromatic heterocycles. The third kappa shape index (κ3) is 21.7. The van der Waals surface area contributed by atoms with Crippen molar-refractivity contribution >= 4 is 7.82 Å². The Balaban J connectivity index is 2.11. The number of phosphoric ester groups is 1. The summed E-state index contributed by atoms with van der Waals surface area (Å²) < 4.78 is 39.7. The fraction of sp³-hybridized carbons (Fsp3) is 0.793. The number of hydrogen-bond acceptors (Lipinski definition) is 7. The molecular formula is C29H53O7P. The molecule has 0 aliphatic rings. The topological polar surface area (TPSA) is 72.5 Å². The third-order valence-corrected chi connectivity index (χ3v) is 7.27. The first-order valence-corrected chi connectivity index (χ1v) is 16.1. The number of unbranched alkanes of at least 4 members (excludes halogenated alkanes) is 14. The van der Waals surface area contributed by atoms with Gasteiger partial charge in [-0.15, -0.1) is 0 Å². The van der Waals surface area contributed by atoms with Crippen LogP contribution in [0, 0.1) is 0 Å². The SMILES string of the molecule is CCCCCCCCCCCCCCCCCOP(=O)(OCCOCCOCC)OOc1ccccc1. The van der Waals surface area contributed by atoms with Gasteiger partial charge in [0.1, 0.15) is 0 Å². The van der Waals surface area contributed by atoms with E-state index in [0.717, 1.165) is 19.3 Å². The van der Waals surface area contributed by atoms with Gasteiger partial charge in [0.05, 0.1) is 33.0 Å². The Bertz CT molecular complexity index is 644. The molecule has 0 saturated heterocycles. The minimum atomic E-state index is -3.87. The largest absolute Gasteiger partial charge is 0.511 e. The van der Waals surface area contributed by atoms with Crippen LogP contribution in [0.5, 0.6) is 5.75 Å². The van der Waals surface area contributed by atoms with E-state index in [1.165, 1.54) is 77.0 Å². The summed E-state index contributed by atoms with van der Waals surface area (Å²) in [6.07, 6.45) is 19.3. The maximum absolute atomic E-state index is 13.0. The van der Waals surface area contributed by atoms with E-state index in [9.17, 15) is 4.57 Å². The summed E-state index contributed by atoms with van der Waals surface area (Å²) in [5.41, 5.74) is 0. The van der Waals surface area contributed by atoms with Crippen molar-refractivity contribution in [1.29, 1.82) is 0 Å². The Kier molecular flexibility index (Phi) is 23.3. The molecule has 0 bridgehead atoms. The molecule has 0 saturated carbocycles. The van der Waals surface area contributed by atoms with Crippen LogP contribution in [0.3, 0.4) is 0 Å². The number of hydrogen-bond donors (Lipinski definition) is 0. The van der Waals surface area contributed by atoms with Crippen molar-refractivity contribution in [1.82, 2.24) is 0 Å². The van der Waals surface area contributed by atoms with Gasteiger partial charge < -0.3 is 14.4 Å². The molecule has 37 heavy (non-hydrogen) atoms. The van der Waals surface area contributed by atoms with Crippen molar-refractivity contribution in [2.45, 2.75) is 110 Å². The standard InChI is InChI=1S/C29H53O7P/c1-3-5-6-7-8-9-10-11-12-13-14-15-16-17-21-24-33-37(30,34-28-27-32-26-25-31-4-2)36-35-29-22-19-18-20-23-29/h18-20,22-23H,3-17,21,24-28H2,1-2H3. The molecule has 1 aromatic rings. The second kappa shape index (κ2) is 25.3. The van der Waals surface area contributed by atoms with Gasteiger partial charge in [0.25, 0.3) is 0 Å². The number of ether oxygens (including phenoxy) is 2. The van der Waals surface area contributed by atoms with Crippen LogP contribution in [0.25, 0.3) is 0 Å². The number of para-hydroxylation sites is 1. The molecule has 0 spiro atoms. The molecule has 0 aliphatic carbocycles. The molecule has 1 unspecified atom stereocenters. The summed E-state index contributed by atoms with van der Waals surface area (Å²) in [5, 5.41) is 0. The van der Waals surface area contributed by atoms with E-state index in [1.54, 1.807) is 24.3 Å². The Labute approximate surface area is 226 Å². The maximum atomic E-state index is 13.0. The molecule has 0 aliphatic heterocycles. The Morgan fingerprint density at radius 2 is 1.05 bits per heavy atom. The van der Waals surface area contributed by atoms with Crippen molar-refractivity contribution in [3.05, 3.63) is 30.3 Å². The Hall–Kier alpha value is -0.950. The van der Waals surface area contributed by atoms with E-state index in [0.29, 0.717) is 32.2 Å². The third-order valence-electron chi connectivity index (χ3n) is 6.02. The van der Waals surface area contributed by atoms with Crippen LogP contribution in [0.2, 0.25) is 0 Å². The molecular weight excluding hydrogens is 491 g/mol. The highest BCUT2D eigenvalue weighted by Gasteiger charge is 2.29. The summed E-state index contributed by atoms with van der Waals surface area (Å²) in [6, 6.07) is 8.86. The highest BCUT2D eigenvalue weighted by Crippen LogP contribution is 2.49. The lowest BCUT2D eigenvalue weighted by Crippen LogP contribution is -2.11. The van der Waals surface area contributed by atoms with Crippen LogP contribution in [-0.2, 0) is 27.8 Å². The average molecular weight is 545 g/mol. The molecule has 0 fully saturated rings. The van der Waals surface area contributed by atoms with E-state index in [1.807, 2.05) is 13.0 Å². The van der Waals surface area contributed by atoms with Crippen molar-refractivity contribution in [3.8, 4) is 5.75 Å². The molecule has 1 aromatic carbocycles. The second-order valence-corrected chi connectivity index (χ2v) is 10.9. The summed E-state index contributed by atoms with van der Waals surface area (Å²) in [5.74, 6) is 0.426. The molecule has 0 amide bonds. The van der Waals surface area contributed by atoms with E-state index in [2.05, 4.69) is 6.92 Å². The molecule has 1 atom stereocenters. The molecule has 216 valence electrons. The van der Waals surface area contributed by atoms with Gasteiger partial charge >= 0.3 is 7.82 Å². The first kappa shape index (κ1) is 34.1. The van der Waals surface area contributed by atoms with Crippen LogP contribution in [0.1, 0.15) is 110 Å². The lowest BCUT2D eigenvalue weighted by Gasteiger charge is -2.17. The van der Waals surface area contributed by atoms with Crippen molar-refractivity contribution in [2.75, 3.05) is 39.6 Å². The Morgan fingerprint density at radius 1 is 0.568 bits per heavy atom. The molecule has 1 rings (SSSR count). The minimum Gasteiger partial charge on any atom is -0.379 e. The summed E-state index contributed by atoms with van der Waals surface area (Å²) in [7, 11) is -3.87. The fourth-order valence-electron chi connectivity index (χ4n) is 3.87. The van der Waals surface area contributed by atoms with Crippen molar-refractivity contribution in [2.24, 2.45) is 0 Å². The smallest absolute Gasteiger partial charge is 0.379 e. The molecule has 8 heteroatoms. The maximum Gasteiger partial charge on any atom is 0.511 e. The highest BCUT2D eigenvalue weighted by atomic mass is 31.2. The second-order valence-electron chi connectivity index (χ2n) is 9.34. The van der Waals surface area contributed by atoms with Crippen LogP contribution >= 0.6 is 7.82 Å². The van der Waals surface area contributed by atoms with Gasteiger partial charge in [-0.1, -0.05) is 120 Å². The van der Waals surface area contributed by atoms with Crippen LogP contribution in [-0.4, -0.2) is 39.6 Å². The highest BCUT2D eigenvalue weighted by molar-refractivity contribution is 7.48. The van der Waals surface area contributed by atoms with E-state index in [4.69, 9.17) is 28.1 Å². The number of phosphoric acid groups is 1. The van der Waals surface area contributed by atoms with Crippen LogP contribution in [0.4, 0.5) is 0 Å². The fourth-order valence-corrected chi connectivity index (χ4v) is 4.86. The summed E-state index contributed by atoms with van der Waals surface area (Å²) >= 11 is 0. The van der Waals surface area contributed by atoms with Gasteiger partial charge in [0.15, 0.2) is 5.75 Å². The lowest BCUT2D eigenvalue weighted by atomic mass is 10.0. The molecule has 0 radical (unpaired) electrons. The molecule has 7 nitrogen and oxygen atoms in total. The first-order chi connectivity index (χ1) is 18.2. The van der Waals surface area contributed by atoms with E-state index >= 15 is 0 Å². The van der Waals surface area contributed by atoms with Crippen molar-refractivity contribution in [3.63, 3.8) is 0 Å². The van der Waals surface area contributed by atoms with Crippen LogP contribution < -0.4 is 4.89 Å².